The molecule has 1 aromatic carbocycles. The maximum atomic E-state index is 12.4. The summed E-state index contributed by atoms with van der Waals surface area (Å²) in [4.78, 5) is 26.1. The lowest BCUT2D eigenvalue weighted by molar-refractivity contribution is 0.0696. The van der Waals surface area contributed by atoms with Crippen LogP contribution in [0.15, 0.2) is 82.6 Å². The fourth-order valence-electron chi connectivity index (χ4n) is 4.91. The minimum absolute atomic E-state index is 0.251. The highest BCUT2D eigenvalue weighted by molar-refractivity contribution is 5.87. The summed E-state index contributed by atoms with van der Waals surface area (Å²) in [5, 5.41) is 14.8. The van der Waals surface area contributed by atoms with E-state index in [0.717, 1.165) is 49.9 Å². The Bertz CT molecular complexity index is 1200. The standard InChI is InChI=1S/C32H43N3O5/c1-6-7-10-23(3)33-32(38)34-24(4)30(39-5)20-22(2)19-29(25-11-8-12-25)35-18-9-13-27(35)21-40-28-16-14-26(15-17-28)31(36)37/h6-7,10,14-17,20,27H,8-9,11-13,18-19,21H2,1-5H3,(H,36,37)(H2,33,34,38)/b7-6-,22-20+,23-10+,30-24-. The second kappa shape index (κ2) is 15.0. The van der Waals surface area contributed by atoms with Crippen LogP contribution in [-0.4, -0.2) is 48.3 Å². The van der Waals surface area contributed by atoms with Crippen molar-refractivity contribution in [2.45, 2.75) is 72.3 Å². The molecule has 1 atom stereocenters. The molecule has 1 aliphatic heterocycles. The summed E-state index contributed by atoms with van der Waals surface area (Å²) in [5.74, 6) is 0.355. The van der Waals surface area contributed by atoms with Gasteiger partial charge in [-0.15, -0.1) is 0 Å². The van der Waals surface area contributed by atoms with E-state index in [9.17, 15) is 9.59 Å². The van der Waals surface area contributed by atoms with E-state index in [4.69, 9.17) is 14.6 Å². The van der Waals surface area contributed by atoms with Crippen LogP contribution in [0.25, 0.3) is 0 Å². The number of ether oxygens (including phenoxy) is 2. The first-order chi connectivity index (χ1) is 19.2. The number of carboxylic acids is 1. The molecule has 2 amide bonds. The molecule has 1 aliphatic carbocycles. The number of hydrogen-bond donors (Lipinski definition) is 3. The Labute approximate surface area is 238 Å². The molecular formula is C32H43N3O5. The predicted octanol–water partition coefficient (Wildman–Crippen LogP) is 6.66. The molecule has 1 aromatic rings. The van der Waals surface area contributed by atoms with E-state index in [0.29, 0.717) is 23.8 Å². The van der Waals surface area contributed by atoms with Crippen molar-refractivity contribution in [3.8, 4) is 5.75 Å². The Hall–Kier alpha value is -3.94. The van der Waals surface area contributed by atoms with E-state index >= 15 is 0 Å². The molecule has 216 valence electrons. The van der Waals surface area contributed by atoms with Crippen LogP contribution in [0.3, 0.4) is 0 Å². The highest BCUT2D eigenvalue weighted by Crippen LogP contribution is 2.37. The number of hydrogen-bond acceptors (Lipinski definition) is 5. The van der Waals surface area contributed by atoms with Gasteiger partial charge in [-0.25, -0.2) is 9.59 Å². The summed E-state index contributed by atoms with van der Waals surface area (Å²) < 4.78 is 11.7. The van der Waals surface area contributed by atoms with Gasteiger partial charge in [-0.1, -0.05) is 23.3 Å². The lowest BCUT2D eigenvalue weighted by atomic mass is 9.88. The largest absolute Gasteiger partial charge is 0.495 e. The number of allylic oxidation sites excluding steroid dienone is 8. The predicted molar refractivity (Wildman–Crippen MR) is 158 cm³/mol. The number of amides is 2. The van der Waals surface area contributed by atoms with Crippen molar-refractivity contribution in [1.82, 2.24) is 15.5 Å². The van der Waals surface area contributed by atoms with Gasteiger partial charge in [0, 0.05) is 24.4 Å². The Morgan fingerprint density at radius 3 is 2.42 bits per heavy atom. The number of aromatic carboxylic acids is 1. The Kier molecular flexibility index (Phi) is 11.5. The van der Waals surface area contributed by atoms with Crippen LogP contribution in [-0.2, 0) is 4.74 Å². The van der Waals surface area contributed by atoms with Crippen molar-refractivity contribution in [1.29, 1.82) is 0 Å². The Morgan fingerprint density at radius 1 is 1.10 bits per heavy atom. The van der Waals surface area contributed by atoms with Crippen molar-refractivity contribution in [3.05, 3.63) is 88.1 Å². The van der Waals surface area contributed by atoms with Gasteiger partial charge in [0.25, 0.3) is 0 Å². The average Bonchev–Trinajstić information content (AvgIpc) is 3.36. The van der Waals surface area contributed by atoms with Crippen molar-refractivity contribution < 1.29 is 24.2 Å². The molecule has 1 heterocycles. The molecule has 3 N–H and O–H groups in total. The number of nitrogens with zero attached hydrogens (tertiary/aromatic N) is 1. The van der Waals surface area contributed by atoms with Gasteiger partial charge in [0.1, 0.15) is 18.1 Å². The second-order valence-electron chi connectivity index (χ2n) is 10.3. The smallest absolute Gasteiger partial charge is 0.335 e. The zero-order valence-corrected chi connectivity index (χ0v) is 24.4. The number of likely N-dealkylation sites (tertiary alicyclic amines) is 1. The SMILES string of the molecule is C/C=C\C=C(/C)NC(=O)N/C(C)=C(/C=C(\C)CC(=C1CCC1)N1CCCC1COc1ccc(C(=O)O)cc1)OC. The Morgan fingerprint density at radius 2 is 1.82 bits per heavy atom. The Balaban J connectivity index is 1.69. The van der Waals surface area contributed by atoms with Crippen LogP contribution in [0, 0.1) is 0 Å². The molecule has 8 heteroatoms. The van der Waals surface area contributed by atoms with E-state index in [1.165, 1.54) is 17.7 Å². The van der Waals surface area contributed by atoms with Gasteiger partial charge in [-0.3, -0.25) is 0 Å². The van der Waals surface area contributed by atoms with Gasteiger partial charge in [-0.2, -0.15) is 0 Å². The summed E-state index contributed by atoms with van der Waals surface area (Å²) in [5.41, 5.74) is 5.65. The van der Waals surface area contributed by atoms with Gasteiger partial charge < -0.3 is 30.1 Å². The van der Waals surface area contributed by atoms with Gasteiger partial charge in [-0.05, 0) is 96.2 Å². The zero-order chi connectivity index (χ0) is 29.1. The van der Waals surface area contributed by atoms with Gasteiger partial charge >= 0.3 is 12.0 Å². The maximum Gasteiger partial charge on any atom is 0.335 e. The molecule has 1 unspecified atom stereocenters. The zero-order valence-electron chi connectivity index (χ0n) is 24.4. The van der Waals surface area contributed by atoms with Crippen LogP contribution < -0.4 is 15.4 Å². The van der Waals surface area contributed by atoms with Crippen molar-refractivity contribution >= 4 is 12.0 Å². The van der Waals surface area contributed by atoms with E-state index in [1.54, 1.807) is 31.4 Å². The topological polar surface area (TPSA) is 100 Å². The highest BCUT2D eigenvalue weighted by Gasteiger charge is 2.30. The van der Waals surface area contributed by atoms with Crippen LogP contribution in [0.4, 0.5) is 4.79 Å². The maximum absolute atomic E-state index is 12.4. The molecular weight excluding hydrogens is 506 g/mol. The molecule has 0 aromatic heterocycles. The fraction of sp³-hybridized carbons (Fsp3) is 0.438. The summed E-state index contributed by atoms with van der Waals surface area (Å²) in [6.07, 6.45) is 14.0. The third-order valence-electron chi connectivity index (χ3n) is 7.20. The molecule has 0 bridgehead atoms. The third kappa shape index (κ3) is 8.79. The lowest BCUT2D eigenvalue weighted by Crippen LogP contribution is -2.35. The van der Waals surface area contributed by atoms with E-state index < -0.39 is 5.97 Å². The molecule has 1 saturated heterocycles. The minimum Gasteiger partial charge on any atom is -0.495 e. The molecule has 0 spiro atoms. The minimum atomic E-state index is -0.943. The van der Waals surface area contributed by atoms with Gasteiger partial charge in [0.15, 0.2) is 0 Å². The molecule has 40 heavy (non-hydrogen) atoms. The third-order valence-corrected chi connectivity index (χ3v) is 7.20. The van der Waals surface area contributed by atoms with Crippen LogP contribution >= 0.6 is 0 Å². The van der Waals surface area contributed by atoms with E-state index in [1.807, 2.05) is 45.1 Å². The first-order valence-corrected chi connectivity index (χ1v) is 13.9. The number of carboxylic acid groups (broad SMARTS) is 1. The van der Waals surface area contributed by atoms with E-state index in [2.05, 4.69) is 22.5 Å². The molecule has 2 fully saturated rings. The quantitative estimate of drug-likeness (QED) is 0.199. The molecule has 0 radical (unpaired) electrons. The van der Waals surface area contributed by atoms with Crippen LogP contribution in [0.1, 0.15) is 76.6 Å². The normalized spacial score (nSPS) is 18.3. The van der Waals surface area contributed by atoms with Gasteiger partial charge in [0.05, 0.1) is 24.4 Å². The van der Waals surface area contributed by atoms with Crippen LogP contribution in [0.2, 0.25) is 0 Å². The molecule has 2 aliphatic rings. The first kappa shape index (κ1) is 30.6. The number of carbonyl (C=O) groups is 2. The number of methoxy groups -OCH3 is 1. The number of nitrogens with one attached hydrogen (secondary N) is 2. The number of benzene rings is 1. The van der Waals surface area contributed by atoms with Crippen LogP contribution in [0.5, 0.6) is 5.75 Å². The number of urea groups is 1. The molecule has 3 rings (SSSR count). The van der Waals surface area contributed by atoms with Crippen molar-refractivity contribution in [2.75, 3.05) is 20.3 Å². The average molecular weight is 550 g/mol. The fourth-order valence-corrected chi connectivity index (χ4v) is 4.91. The first-order valence-electron chi connectivity index (χ1n) is 13.9. The number of rotatable bonds is 12. The monoisotopic (exact) mass is 549 g/mol. The van der Waals surface area contributed by atoms with E-state index in [-0.39, 0.29) is 17.6 Å². The molecule has 1 saturated carbocycles. The highest BCUT2D eigenvalue weighted by atomic mass is 16.5. The second-order valence-corrected chi connectivity index (χ2v) is 10.3. The van der Waals surface area contributed by atoms with Gasteiger partial charge in [0.2, 0.25) is 0 Å². The summed E-state index contributed by atoms with van der Waals surface area (Å²) >= 11 is 0. The summed E-state index contributed by atoms with van der Waals surface area (Å²) in [6, 6.07) is 6.53. The summed E-state index contributed by atoms with van der Waals surface area (Å²) in [6.45, 7) is 9.23. The van der Waals surface area contributed by atoms with Crippen molar-refractivity contribution in [2.24, 2.45) is 0 Å². The lowest BCUT2D eigenvalue weighted by Gasteiger charge is -2.34. The summed E-state index contributed by atoms with van der Waals surface area (Å²) in [7, 11) is 1.61. The number of carbonyl (C=O) groups excluding carboxylic acids is 1. The molecule has 8 nitrogen and oxygen atoms in total. The van der Waals surface area contributed by atoms with Crippen molar-refractivity contribution in [3.63, 3.8) is 0 Å².